The lowest BCUT2D eigenvalue weighted by Gasteiger charge is -2.30. The van der Waals surface area contributed by atoms with Gasteiger partial charge in [0.15, 0.2) is 5.76 Å². The third kappa shape index (κ3) is 2.92. The van der Waals surface area contributed by atoms with E-state index in [9.17, 15) is 0 Å². The number of aromatic nitrogens is 4. The van der Waals surface area contributed by atoms with Crippen molar-refractivity contribution < 1.29 is 8.83 Å². The molecule has 3 aromatic heterocycles. The molecule has 1 aliphatic rings. The number of furan rings is 1. The van der Waals surface area contributed by atoms with Crippen molar-refractivity contribution in [3.05, 3.63) is 42.2 Å². The Morgan fingerprint density at radius 1 is 1.22 bits per heavy atom. The molecule has 1 saturated heterocycles. The monoisotopic (exact) mass is 313 g/mol. The number of rotatable bonds is 4. The summed E-state index contributed by atoms with van der Waals surface area (Å²) in [5.41, 5.74) is 1.32. The molecule has 0 aliphatic carbocycles. The zero-order valence-corrected chi connectivity index (χ0v) is 13.1. The van der Waals surface area contributed by atoms with E-state index in [1.54, 1.807) is 6.26 Å². The molecular formula is C16H19N5O2. The summed E-state index contributed by atoms with van der Waals surface area (Å²) in [6, 6.07) is 5.74. The van der Waals surface area contributed by atoms with Crippen LogP contribution in [-0.4, -0.2) is 38.0 Å². The number of nitrogens with zero attached hydrogens (tertiary/aromatic N) is 5. The highest BCUT2D eigenvalue weighted by Gasteiger charge is 2.24. The van der Waals surface area contributed by atoms with Crippen LogP contribution in [0.25, 0.3) is 11.7 Å². The second kappa shape index (κ2) is 6.00. The van der Waals surface area contributed by atoms with E-state index in [0.717, 1.165) is 25.9 Å². The molecule has 4 rings (SSSR count). The summed E-state index contributed by atoms with van der Waals surface area (Å²) < 4.78 is 12.9. The highest BCUT2D eigenvalue weighted by Crippen LogP contribution is 2.28. The summed E-state index contributed by atoms with van der Waals surface area (Å²) in [4.78, 5) is 2.35. The first-order valence-electron chi connectivity index (χ1n) is 7.86. The standard InChI is InChI=1S/C16H19N5O2/c1-20-13(4-7-17-20)12-5-8-21(9-6-12)11-15-18-19-16(23-15)14-3-2-10-22-14/h2-4,7,10,12H,5-6,8-9,11H2,1H3. The number of likely N-dealkylation sites (tertiary alicyclic amines) is 1. The van der Waals surface area contributed by atoms with Crippen molar-refractivity contribution in [1.29, 1.82) is 0 Å². The molecule has 120 valence electrons. The average molecular weight is 313 g/mol. The van der Waals surface area contributed by atoms with Crippen LogP contribution in [0.4, 0.5) is 0 Å². The molecule has 0 amide bonds. The summed E-state index contributed by atoms with van der Waals surface area (Å²) in [7, 11) is 2.01. The Morgan fingerprint density at radius 2 is 2.09 bits per heavy atom. The molecule has 0 radical (unpaired) electrons. The van der Waals surface area contributed by atoms with Gasteiger partial charge in [0.25, 0.3) is 5.89 Å². The van der Waals surface area contributed by atoms with Crippen molar-refractivity contribution >= 4 is 0 Å². The van der Waals surface area contributed by atoms with Gasteiger partial charge in [-0.2, -0.15) is 5.10 Å². The zero-order valence-electron chi connectivity index (χ0n) is 13.1. The predicted molar refractivity (Wildman–Crippen MR) is 82.5 cm³/mol. The zero-order chi connectivity index (χ0) is 15.6. The molecule has 0 saturated carbocycles. The molecule has 0 spiro atoms. The second-order valence-electron chi connectivity index (χ2n) is 5.91. The van der Waals surface area contributed by atoms with E-state index in [1.165, 1.54) is 5.69 Å². The fourth-order valence-corrected chi connectivity index (χ4v) is 3.18. The molecule has 3 aromatic rings. The van der Waals surface area contributed by atoms with Crippen molar-refractivity contribution in [1.82, 2.24) is 24.9 Å². The molecule has 1 fully saturated rings. The van der Waals surface area contributed by atoms with Gasteiger partial charge in [-0.25, -0.2) is 0 Å². The van der Waals surface area contributed by atoms with Crippen LogP contribution in [0.2, 0.25) is 0 Å². The Kier molecular flexibility index (Phi) is 3.70. The number of hydrogen-bond donors (Lipinski definition) is 0. The van der Waals surface area contributed by atoms with Gasteiger partial charge < -0.3 is 8.83 Å². The van der Waals surface area contributed by atoms with Gasteiger partial charge in [-0.05, 0) is 44.1 Å². The quantitative estimate of drug-likeness (QED) is 0.736. The lowest BCUT2D eigenvalue weighted by Crippen LogP contribution is -2.33. The molecule has 4 heterocycles. The van der Waals surface area contributed by atoms with E-state index >= 15 is 0 Å². The van der Waals surface area contributed by atoms with Crippen LogP contribution in [0.15, 0.2) is 39.5 Å². The van der Waals surface area contributed by atoms with Crippen LogP contribution in [0, 0.1) is 0 Å². The first-order valence-corrected chi connectivity index (χ1v) is 7.86. The summed E-state index contributed by atoms with van der Waals surface area (Å²) in [5, 5.41) is 12.4. The van der Waals surface area contributed by atoms with Gasteiger partial charge >= 0.3 is 0 Å². The van der Waals surface area contributed by atoms with E-state index in [0.29, 0.717) is 30.0 Å². The minimum atomic E-state index is 0.440. The van der Waals surface area contributed by atoms with Crippen molar-refractivity contribution in [3.8, 4) is 11.7 Å². The lowest BCUT2D eigenvalue weighted by molar-refractivity contribution is 0.185. The highest BCUT2D eigenvalue weighted by atomic mass is 16.4. The Labute approximate surface area is 133 Å². The first kappa shape index (κ1) is 14.2. The van der Waals surface area contributed by atoms with Crippen molar-refractivity contribution in [2.45, 2.75) is 25.3 Å². The predicted octanol–water partition coefficient (Wildman–Crippen LogP) is 2.44. The minimum Gasteiger partial charge on any atom is -0.459 e. The van der Waals surface area contributed by atoms with Crippen molar-refractivity contribution in [3.63, 3.8) is 0 Å². The maximum absolute atomic E-state index is 5.68. The summed E-state index contributed by atoms with van der Waals surface area (Å²) in [6.45, 7) is 2.73. The van der Waals surface area contributed by atoms with Gasteiger partial charge in [0, 0.05) is 24.9 Å². The third-order valence-corrected chi connectivity index (χ3v) is 4.42. The third-order valence-electron chi connectivity index (χ3n) is 4.42. The van der Waals surface area contributed by atoms with E-state index in [1.807, 2.05) is 30.1 Å². The molecule has 0 unspecified atom stereocenters. The summed E-state index contributed by atoms with van der Waals surface area (Å²) in [5.74, 6) is 2.27. The lowest BCUT2D eigenvalue weighted by atomic mass is 9.93. The van der Waals surface area contributed by atoms with Crippen LogP contribution in [0.1, 0.15) is 30.3 Å². The molecule has 0 bridgehead atoms. The summed E-state index contributed by atoms with van der Waals surface area (Å²) >= 11 is 0. The minimum absolute atomic E-state index is 0.440. The second-order valence-corrected chi connectivity index (χ2v) is 5.91. The van der Waals surface area contributed by atoms with Gasteiger partial charge in [0.05, 0.1) is 12.8 Å². The maximum Gasteiger partial charge on any atom is 0.283 e. The summed E-state index contributed by atoms with van der Waals surface area (Å²) in [6.07, 6.45) is 5.72. The number of aryl methyl sites for hydroxylation is 1. The SMILES string of the molecule is Cn1nccc1C1CCN(Cc2nnc(-c3ccco3)o2)CC1. The van der Waals surface area contributed by atoms with Gasteiger partial charge in [0.1, 0.15) is 0 Å². The smallest absolute Gasteiger partial charge is 0.283 e. The van der Waals surface area contributed by atoms with E-state index in [4.69, 9.17) is 8.83 Å². The molecule has 7 nitrogen and oxygen atoms in total. The van der Waals surface area contributed by atoms with Gasteiger partial charge in [0.2, 0.25) is 5.89 Å². The number of piperidine rings is 1. The van der Waals surface area contributed by atoms with Gasteiger partial charge in [-0.15, -0.1) is 10.2 Å². The van der Waals surface area contributed by atoms with Crippen LogP contribution in [0.3, 0.4) is 0 Å². The molecule has 7 heteroatoms. The Balaban J connectivity index is 1.35. The molecule has 23 heavy (non-hydrogen) atoms. The molecule has 0 aromatic carbocycles. The Bertz CT molecular complexity index is 753. The van der Waals surface area contributed by atoms with Gasteiger partial charge in [-0.3, -0.25) is 9.58 Å². The van der Waals surface area contributed by atoms with E-state index in [2.05, 4.69) is 26.3 Å². The van der Waals surface area contributed by atoms with Gasteiger partial charge in [-0.1, -0.05) is 0 Å². The molecule has 1 aliphatic heterocycles. The molecule has 0 atom stereocenters. The van der Waals surface area contributed by atoms with Crippen molar-refractivity contribution in [2.24, 2.45) is 7.05 Å². The largest absolute Gasteiger partial charge is 0.459 e. The topological polar surface area (TPSA) is 73.1 Å². The maximum atomic E-state index is 5.68. The van der Waals surface area contributed by atoms with Crippen LogP contribution >= 0.6 is 0 Å². The fourth-order valence-electron chi connectivity index (χ4n) is 3.18. The van der Waals surface area contributed by atoms with E-state index < -0.39 is 0 Å². The van der Waals surface area contributed by atoms with E-state index in [-0.39, 0.29) is 0 Å². The number of hydrogen-bond acceptors (Lipinski definition) is 6. The molecular weight excluding hydrogens is 294 g/mol. The molecule has 0 N–H and O–H groups in total. The van der Waals surface area contributed by atoms with Crippen molar-refractivity contribution in [2.75, 3.05) is 13.1 Å². The Morgan fingerprint density at radius 3 is 2.78 bits per heavy atom. The normalized spacial score (nSPS) is 16.9. The fraction of sp³-hybridized carbons (Fsp3) is 0.438. The Hall–Kier alpha value is -2.41. The van der Waals surface area contributed by atoms with Crippen LogP contribution in [-0.2, 0) is 13.6 Å². The van der Waals surface area contributed by atoms with Crippen LogP contribution < -0.4 is 0 Å². The highest BCUT2D eigenvalue weighted by molar-refractivity contribution is 5.42. The average Bonchev–Trinajstić information content (AvgIpc) is 3.29. The van der Waals surface area contributed by atoms with Crippen LogP contribution in [0.5, 0.6) is 0 Å². The first-order chi connectivity index (χ1) is 11.3.